The zero-order valence-corrected chi connectivity index (χ0v) is 8.88. The fourth-order valence-electron chi connectivity index (χ4n) is 1.26. The van der Waals surface area contributed by atoms with E-state index in [0.717, 1.165) is 23.1 Å². The van der Waals surface area contributed by atoms with Crippen LogP contribution in [0.5, 0.6) is 0 Å². The SMILES string of the molecule is Cc1cccc(C#N)c1C=CCCCl. The van der Waals surface area contributed by atoms with Crippen LogP contribution in [0.3, 0.4) is 0 Å². The average Bonchev–Trinajstić information content (AvgIpc) is 2.20. The molecule has 0 unspecified atom stereocenters. The van der Waals surface area contributed by atoms with Crippen molar-refractivity contribution >= 4 is 17.7 Å². The zero-order chi connectivity index (χ0) is 10.4. The summed E-state index contributed by atoms with van der Waals surface area (Å²) in [5.74, 6) is 0.615. The van der Waals surface area contributed by atoms with Gasteiger partial charge in [-0.3, -0.25) is 0 Å². The summed E-state index contributed by atoms with van der Waals surface area (Å²) in [7, 11) is 0. The van der Waals surface area contributed by atoms with E-state index in [1.54, 1.807) is 0 Å². The number of alkyl halides is 1. The van der Waals surface area contributed by atoms with Crippen LogP contribution in [0.1, 0.15) is 23.1 Å². The summed E-state index contributed by atoms with van der Waals surface area (Å²) in [4.78, 5) is 0. The van der Waals surface area contributed by atoms with Gasteiger partial charge in [-0.25, -0.2) is 0 Å². The van der Waals surface area contributed by atoms with Crippen LogP contribution in [0.4, 0.5) is 0 Å². The van der Waals surface area contributed by atoms with Gasteiger partial charge < -0.3 is 0 Å². The Labute approximate surface area is 89.6 Å². The molecule has 1 aromatic rings. The van der Waals surface area contributed by atoms with Gasteiger partial charge >= 0.3 is 0 Å². The van der Waals surface area contributed by atoms with Crippen LogP contribution >= 0.6 is 11.6 Å². The van der Waals surface area contributed by atoms with E-state index in [-0.39, 0.29) is 0 Å². The lowest BCUT2D eigenvalue weighted by Crippen LogP contribution is -1.86. The van der Waals surface area contributed by atoms with E-state index in [4.69, 9.17) is 16.9 Å². The Hall–Kier alpha value is -1.26. The summed E-state index contributed by atoms with van der Waals surface area (Å²) < 4.78 is 0. The molecule has 0 aliphatic rings. The van der Waals surface area contributed by atoms with Crippen molar-refractivity contribution in [2.24, 2.45) is 0 Å². The smallest absolute Gasteiger partial charge is 0.0998 e. The third-order valence-corrected chi connectivity index (χ3v) is 2.22. The monoisotopic (exact) mass is 205 g/mol. The maximum atomic E-state index is 8.89. The second-order valence-electron chi connectivity index (χ2n) is 3.03. The second kappa shape index (κ2) is 5.47. The third kappa shape index (κ3) is 2.61. The second-order valence-corrected chi connectivity index (χ2v) is 3.41. The maximum absolute atomic E-state index is 8.89. The molecule has 0 amide bonds. The van der Waals surface area contributed by atoms with Crippen molar-refractivity contribution in [3.8, 4) is 6.07 Å². The van der Waals surface area contributed by atoms with Crippen LogP contribution < -0.4 is 0 Å². The maximum Gasteiger partial charge on any atom is 0.0998 e. The van der Waals surface area contributed by atoms with Gasteiger partial charge in [0.25, 0.3) is 0 Å². The molecule has 1 nitrogen and oxygen atoms in total. The Balaban J connectivity index is 3.00. The lowest BCUT2D eigenvalue weighted by Gasteiger charge is -2.01. The van der Waals surface area contributed by atoms with E-state index in [1.807, 2.05) is 37.3 Å². The molecule has 0 aliphatic heterocycles. The number of benzene rings is 1. The molecule has 0 saturated carbocycles. The molecule has 0 fully saturated rings. The lowest BCUT2D eigenvalue weighted by molar-refractivity contribution is 1.24. The Morgan fingerprint density at radius 3 is 2.93 bits per heavy atom. The van der Waals surface area contributed by atoms with Crippen molar-refractivity contribution in [1.82, 2.24) is 0 Å². The largest absolute Gasteiger partial charge is 0.192 e. The van der Waals surface area contributed by atoms with Crippen LogP contribution in [0, 0.1) is 18.3 Å². The number of hydrogen-bond donors (Lipinski definition) is 0. The van der Waals surface area contributed by atoms with E-state index in [9.17, 15) is 0 Å². The highest BCUT2D eigenvalue weighted by molar-refractivity contribution is 6.17. The minimum absolute atomic E-state index is 0.615. The first-order valence-corrected chi connectivity index (χ1v) is 5.05. The van der Waals surface area contributed by atoms with Gasteiger partial charge in [0, 0.05) is 5.88 Å². The first-order chi connectivity index (χ1) is 6.79. The van der Waals surface area contributed by atoms with E-state index in [0.29, 0.717) is 5.88 Å². The molecule has 0 atom stereocenters. The normalized spacial score (nSPS) is 10.4. The number of aryl methyl sites for hydroxylation is 1. The number of rotatable bonds is 3. The third-order valence-electron chi connectivity index (χ3n) is 2.00. The molecule has 0 heterocycles. The van der Waals surface area contributed by atoms with Crippen molar-refractivity contribution < 1.29 is 0 Å². The van der Waals surface area contributed by atoms with E-state index >= 15 is 0 Å². The standard InChI is InChI=1S/C12H12ClN/c1-10-5-4-6-11(9-14)12(10)7-2-3-8-13/h2,4-7H,3,8H2,1H3. The summed E-state index contributed by atoms with van der Waals surface area (Å²) in [6.45, 7) is 2.00. The van der Waals surface area contributed by atoms with Crippen LogP contribution in [-0.4, -0.2) is 5.88 Å². The molecule has 0 aromatic heterocycles. The van der Waals surface area contributed by atoms with Crippen LogP contribution in [0.2, 0.25) is 0 Å². The average molecular weight is 206 g/mol. The molecule has 1 aromatic carbocycles. The van der Waals surface area contributed by atoms with Gasteiger partial charge in [-0.15, -0.1) is 11.6 Å². The van der Waals surface area contributed by atoms with Gasteiger partial charge in [0.2, 0.25) is 0 Å². The van der Waals surface area contributed by atoms with Crippen LogP contribution in [0.25, 0.3) is 6.08 Å². The number of allylic oxidation sites excluding steroid dienone is 1. The summed E-state index contributed by atoms with van der Waals surface area (Å²) >= 11 is 5.56. The quantitative estimate of drug-likeness (QED) is 0.693. The molecule has 72 valence electrons. The number of hydrogen-bond acceptors (Lipinski definition) is 1. The molecule has 0 N–H and O–H groups in total. The summed E-state index contributed by atoms with van der Waals surface area (Å²) in [6, 6.07) is 7.90. The summed E-state index contributed by atoms with van der Waals surface area (Å²) in [5.41, 5.74) is 2.84. The van der Waals surface area contributed by atoms with Crippen LogP contribution in [-0.2, 0) is 0 Å². The fourth-order valence-corrected chi connectivity index (χ4v) is 1.39. The van der Waals surface area contributed by atoms with Crippen molar-refractivity contribution in [3.05, 3.63) is 41.0 Å². The van der Waals surface area contributed by atoms with Crippen molar-refractivity contribution in [1.29, 1.82) is 5.26 Å². The van der Waals surface area contributed by atoms with E-state index in [2.05, 4.69) is 6.07 Å². The molecular weight excluding hydrogens is 194 g/mol. The Kier molecular flexibility index (Phi) is 4.22. The van der Waals surface area contributed by atoms with Gasteiger partial charge in [-0.1, -0.05) is 24.3 Å². The fraction of sp³-hybridized carbons (Fsp3) is 0.250. The van der Waals surface area contributed by atoms with Crippen molar-refractivity contribution in [3.63, 3.8) is 0 Å². The highest BCUT2D eigenvalue weighted by atomic mass is 35.5. The number of halogens is 1. The predicted molar refractivity (Wildman–Crippen MR) is 60.3 cm³/mol. The summed E-state index contributed by atoms with van der Waals surface area (Å²) in [5, 5.41) is 8.89. The molecule has 0 bridgehead atoms. The molecule has 0 aliphatic carbocycles. The summed E-state index contributed by atoms with van der Waals surface area (Å²) in [6.07, 6.45) is 4.80. The molecule has 0 saturated heterocycles. The first-order valence-electron chi connectivity index (χ1n) is 4.52. The Bertz CT molecular complexity index is 374. The topological polar surface area (TPSA) is 23.8 Å². The predicted octanol–water partition coefficient (Wildman–Crippen LogP) is 3.51. The first kappa shape index (κ1) is 10.8. The highest BCUT2D eigenvalue weighted by Crippen LogP contribution is 2.15. The number of nitriles is 1. The van der Waals surface area contributed by atoms with Crippen molar-refractivity contribution in [2.75, 3.05) is 5.88 Å². The van der Waals surface area contributed by atoms with Gasteiger partial charge in [0.05, 0.1) is 11.6 Å². The highest BCUT2D eigenvalue weighted by Gasteiger charge is 2.00. The Morgan fingerprint density at radius 2 is 2.29 bits per heavy atom. The minimum Gasteiger partial charge on any atom is -0.192 e. The molecule has 14 heavy (non-hydrogen) atoms. The molecule has 1 rings (SSSR count). The zero-order valence-electron chi connectivity index (χ0n) is 8.13. The molecule has 0 spiro atoms. The lowest BCUT2D eigenvalue weighted by atomic mass is 10.0. The van der Waals surface area contributed by atoms with Gasteiger partial charge in [-0.05, 0) is 30.5 Å². The molecule has 2 heteroatoms. The van der Waals surface area contributed by atoms with Crippen LogP contribution in [0.15, 0.2) is 24.3 Å². The number of nitrogens with zero attached hydrogens (tertiary/aromatic N) is 1. The van der Waals surface area contributed by atoms with Gasteiger partial charge in [0.1, 0.15) is 0 Å². The molecule has 0 radical (unpaired) electrons. The minimum atomic E-state index is 0.615. The van der Waals surface area contributed by atoms with E-state index in [1.165, 1.54) is 0 Å². The van der Waals surface area contributed by atoms with Crippen molar-refractivity contribution in [2.45, 2.75) is 13.3 Å². The molecular formula is C12H12ClN. The van der Waals surface area contributed by atoms with Gasteiger partial charge in [-0.2, -0.15) is 5.26 Å². The van der Waals surface area contributed by atoms with Gasteiger partial charge in [0.15, 0.2) is 0 Å². The van der Waals surface area contributed by atoms with E-state index < -0.39 is 0 Å². The Morgan fingerprint density at radius 1 is 1.50 bits per heavy atom.